The fourth-order valence-corrected chi connectivity index (χ4v) is 3.21. The Hall–Kier alpha value is -2.14. The molecule has 0 N–H and O–H groups in total. The highest BCUT2D eigenvalue weighted by atomic mass is 16.6. The third-order valence-corrected chi connectivity index (χ3v) is 4.57. The minimum absolute atomic E-state index is 0.108. The largest absolute Gasteiger partial charge is 0.460 e. The van der Waals surface area contributed by atoms with Gasteiger partial charge in [-0.05, 0) is 37.8 Å². The summed E-state index contributed by atoms with van der Waals surface area (Å²) in [5.74, 6) is 0.141. The van der Waals surface area contributed by atoms with Crippen LogP contribution in [-0.4, -0.2) is 27.9 Å². The Bertz CT molecular complexity index is 769. The van der Waals surface area contributed by atoms with Gasteiger partial charge in [-0.1, -0.05) is 37.3 Å². The zero-order valence-corrected chi connectivity index (χ0v) is 15.9. The molecule has 140 valence electrons. The van der Waals surface area contributed by atoms with Gasteiger partial charge in [-0.3, -0.25) is 9.48 Å². The second kappa shape index (κ2) is 7.62. The predicted octanol–water partition coefficient (Wildman–Crippen LogP) is 3.79. The average Bonchev–Trinajstić information content (AvgIpc) is 3.05. The normalized spacial score (nSPS) is 24.0. The van der Waals surface area contributed by atoms with Crippen molar-refractivity contribution in [1.29, 1.82) is 0 Å². The molecular weight excluding hydrogens is 328 g/mol. The first-order valence-corrected chi connectivity index (χ1v) is 9.07. The Balaban J connectivity index is 1.52. The van der Waals surface area contributed by atoms with Gasteiger partial charge < -0.3 is 9.47 Å². The molecule has 1 saturated carbocycles. The van der Waals surface area contributed by atoms with Crippen LogP contribution in [0.15, 0.2) is 42.7 Å². The number of nitrogens with zero attached hydrogens (tertiary/aromatic N) is 2. The first kappa shape index (κ1) is 17.3. The fraction of sp³-hybridized carbons (Fsp3) is 0.524. The van der Waals surface area contributed by atoms with Gasteiger partial charge in [0.15, 0.2) is 0 Å². The van der Waals surface area contributed by atoms with Crippen molar-refractivity contribution in [2.24, 2.45) is 11.8 Å². The Morgan fingerprint density at radius 2 is 2.04 bits per heavy atom. The smallest absolute Gasteiger partial charge is 0.310 e. The van der Waals surface area contributed by atoms with E-state index in [1.165, 1.54) is 0 Å². The summed E-state index contributed by atoms with van der Waals surface area (Å²) in [4.78, 5) is 12.3. The van der Waals surface area contributed by atoms with E-state index in [2.05, 4.69) is 12.0 Å². The van der Waals surface area contributed by atoms with E-state index in [9.17, 15) is 4.79 Å². The fourth-order valence-electron chi connectivity index (χ4n) is 3.21. The highest BCUT2D eigenvalue weighted by molar-refractivity contribution is 5.78. The summed E-state index contributed by atoms with van der Waals surface area (Å²) >= 11 is 0. The van der Waals surface area contributed by atoms with E-state index >= 15 is 0 Å². The van der Waals surface area contributed by atoms with Gasteiger partial charge in [-0.15, -0.1) is 0 Å². The van der Waals surface area contributed by atoms with Gasteiger partial charge in [-0.25, -0.2) is 0 Å². The number of carbonyl (C=O) groups excluding carboxylic acids is 1. The summed E-state index contributed by atoms with van der Waals surface area (Å²) in [6.07, 6.45) is 3.70. The van der Waals surface area contributed by atoms with Crippen LogP contribution in [0.2, 0.25) is 0 Å². The van der Waals surface area contributed by atoms with E-state index in [0.29, 0.717) is 13.2 Å². The Labute approximate surface area is 156 Å². The van der Waals surface area contributed by atoms with Crippen molar-refractivity contribution in [2.45, 2.75) is 52.4 Å². The topological polar surface area (TPSA) is 53.4 Å². The maximum atomic E-state index is 12.3. The maximum absolute atomic E-state index is 12.3. The van der Waals surface area contributed by atoms with Gasteiger partial charge in [0.25, 0.3) is 0 Å². The van der Waals surface area contributed by atoms with Gasteiger partial charge in [0.05, 0.1) is 33.2 Å². The molecule has 5 nitrogen and oxygen atoms in total. The van der Waals surface area contributed by atoms with Gasteiger partial charge in [-0.2, -0.15) is 5.10 Å². The number of benzene rings is 1. The number of ether oxygens (including phenoxy) is 2. The number of aryl methyl sites for hydroxylation is 1. The van der Waals surface area contributed by atoms with Crippen molar-refractivity contribution in [3.63, 3.8) is 0 Å². The molecule has 0 bridgehead atoms. The third-order valence-electron chi connectivity index (χ3n) is 4.57. The SMILES string of the molecule is [2H]C(Cn1cc(C2C(C)C2C(=O)OC(C)(C)C)cn1)OCc1ccccc1. The van der Waals surface area contributed by atoms with E-state index in [1.807, 2.05) is 57.3 Å². The number of rotatable bonds is 7. The first-order chi connectivity index (χ1) is 12.7. The van der Waals surface area contributed by atoms with Crippen molar-refractivity contribution < 1.29 is 15.6 Å². The van der Waals surface area contributed by atoms with Crippen molar-refractivity contribution >= 4 is 5.97 Å². The minimum atomic E-state index is -0.698. The second-order valence-electron chi connectivity index (χ2n) is 7.90. The molecule has 0 radical (unpaired) electrons. The van der Waals surface area contributed by atoms with Crippen LogP contribution in [0.25, 0.3) is 0 Å². The summed E-state index contributed by atoms with van der Waals surface area (Å²) in [6.45, 7) is 7.77. The third kappa shape index (κ3) is 4.73. The standard InChI is InChI=1S/C21H28N2O3/c1-15-18(19(15)20(24)26-21(2,3)4)17-12-22-23(13-17)10-11-25-14-16-8-6-5-7-9-16/h5-9,12-13,15,18-19H,10-11,14H2,1-4H3/i11D. The summed E-state index contributed by atoms with van der Waals surface area (Å²) in [7, 11) is 0. The molecule has 1 aromatic heterocycles. The van der Waals surface area contributed by atoms with Crippen molar-refractivity contribution in [1.82, 2.24) is 9.78 Å². The first-order valence-electron chi connectivity index (χ1n) is 9.65. The van der Waals surface area contributed by atoms with Gasteiger partial charge in [0.2, 0.25) is 0 Å². The van der Waals surface area contributed by atoms with Gasteiger partial charge in [0, 0.05) is 12.1 Å². The lowest BCUT2D eigenvalue weighted by Gasteiger charge is -2.19. The van der Waals surface area contributed by atoms with Crippen LogP contribution in [0.1, 0.15) is 46.1 Å². The summed E-state index contributed by atoms with van der Waals surface area (Å²) in [5.41, 5.74) is 1.60. The zero-order chi connectivity index (χ0) is 19.6. The molecule has 1 aliphatic rings. The lowest BCUT2D eigenvalue weighted by atomic mass is 10.1. The van der Waals surface area contributed by atoms with Crippen LogP contribution in [0.5, 0.6) is 0 Å². The van der Waals surface area contributed by atoms with Gasteiger partial charge in [0.1, 0.15) is 5.60 Å². The van der Waals surface area contributed by atoms with Crippen molar-refractivity contribution in [3.05, 3.63) is 53.9 Å². The van der Waals surface area contributed by atoms with Crippen molar-refractivity contribution in [2.75, 3.05) is 6.58 Å². The molecule has 2 aromatic rings. The van der Waals surface area contributed by atoms with Crippen molar-refractivity contribution in [3.8, 4) is 0 Å². The lowest BCUT2D eigenvalue weighted by Crippen LogP contribution is -2.25. The molecule has 4 unspecified atom stereocenters. The van der Waals surface area contributed by atoms with Crippen LogP contribution < -0.4 is 0 Å². The number of esters is 1. The van der Waals surface area contributed by atoms with E-state index < -0.39 is 12.2 Å². The minimum Gasteiger partial charge on any atom is -0.460 e. The van der Waals surface area contributed by atoms with E-state index in [0.717, 1.165) is 11.1 Å². The quantitative estimate of drug-likeness (QED) is 0.708. The van der Waals surface area contributed by atoms with Crippen LogP contribution in [-0.2, 0) is 27.4 Å². The number of hydrogen-bond donors (Lipinski definition) is 0. The molecule has 0 spiro atoms. The molecule has 3 rings (SSSR count). The Morgan fingerprint density at radius 1 is 1.31 bits per heavy atom. The van der Waals surface area contributed by atoms with E-state index in [-0.39, 0.29) is 23.7 Å². The van der Waals surface area contributed by atoms with Gasteiger partial charge >= 0.3 is 5.97 Å². The number of aromatic nitrogens is 2. The molecular formula is C21H28N2O3. The summed E-state index contributed by atoms with van der Waals surface area (Å²) in [6, 6.07) is 9.81. The number of carbonyl (C=O) groups is 1. The molecule has 26 heavy (non-hydrogen) atoms. The Morgan fingerprint density at radius 3 is 2.73 bits per heavy atom. The van der Waals surface area contributed by atoms with Crippen LogP contribution in [0, 0.1) is 11.8 Å². The monoisotopic (exact) mass is 357 g/mol. The highest BCUT2D eigenvalue weighted by Gasteiger charge is 2.54. The lowest BCUT2D eigenvalue weighted by molar-refractivity contribution is -0.156. The molecule has 0 aliphatic heterocycles. The molecule has 0 amide bonds. The summed E-state index contributed by atoms with van der Waals surface area (Å²) < 4.78 is 20.9. The molecule has 1 aliphatic carbocycles. The van der Waals surface area contributed by atoms with E-state index in [1.54, 1.807) is 10.9 Å². The second-order valence-corrected chi connectivity index (χ2v) is 7.90. The van der Waals surface area contributed by atoms with Crippen LogP contribution in [0.3, 0.4) is 0 Å². The molecule has 1 heterocycles. The van der Waals surface area contributed by atoms with Crippen LogP contribution in [0.4, 0.5) is 0 Å². The predicted molar refractivity (Wildman–Crippen MR) is 99.6 cm³/mol. The summed E-state index contributed by atoms with van der Waals surface area (Å²) in [5, 5.41) is 4.34. The van der Waals surface area contributed by atoms with E-state index in [4.69, 9.17) is 10.8 Å². The molecule has 1 aromatic carbocycles. The molecule has 0 saturated heterocycles. The number of hydrogen-bond acceptors (Lipinski definition) is 4. The maximum Gasteiger partial charge on any atom is 0.310 e. The zero-order valence-electron chi connectivity index (χ0n) is 16.9. The molecule has 4 atom stereocenters. The molecule has 5 heteroatoms. The van der Waals surface area contributed by atoms with Crippen LogP contribution >= 0.6 is 0 Å². The highest BCUT2D eigenvalue weighted by Crippen LogP contribution is 2.54. The Kier molecular flexibility index (Phi) is 5.07. The molecule has 1 fully saturated rings. The average molecular weight is 357 g/mol.